The summed E-state index contributed by atoms with van der Waals surface area (Å²) < 4.78 is 25.8. The molecule has 2 rings (SSSR count). The highest BCUT2D eigenvalue weighted by molar-refractivity contribution is 7.89. The van der Waals surface area contributed by atoms with E-state index in [0.29, 0.717) is 31.6 Å². The van der Waals surface area contributed by atoms with Crippen molar-refractivity contribution in [1.29, 1.82) is 0 Å². The summed E-state index contributed by atoms with van der Waals surface area (Å²) in [6.07, 6.45) is 0.699. The van der Waals surface area contributed by atoms with Crippen LogP contribution in [0.1, 0.15) is 22.3 Å². The molecule has 6 nitrogen and oxygen atoms in total. The molecule has 0 radical (unpaired) electrons. The van der Waals surface area contributed by atoms with Crippen molar-refractivity contribution in [2.75, 3.05) is 20.1 Å². The molecule has 0 saturated carbocycles. The van der Waals surface area contributed by atoms with Crippen LogP contribution in [-0.4, -0.2) is 39.4 Å². The van der Waals surface area contributed by atoms with Crippen LogP contribution in [0.25, 0.3) is 0 Å². The fourth-order valence-electron chi connectivity index (χ4n) is 2.42. The van der Waals surface area contributed by atoms with Gasteiger partial charge in [0, 0.05) is 18.7 Å². The molecule has 0 saturated heterocycles. The molecule has 3 N–H and O–H groups in total. The second-order valence-electron chi connectivity index (χ2n) is 5.59. The van der Waals surface area contributed by atoms with E-state index in [1.54, 1.807) is 4.90 Å². The quantitative estimate of drug-likeness (QED) is 0.747. The van der Waals surface area contributed by atoms with Crippen molar-refractivity contribution in [1.82, 2.24) is 9.62 Å². The van der Waals surface area contributed by atoms with Crippen LogP contribution in [0.15, 0.2) is 59.5 Å². The Hall–Kier alpha value is -2.22. The van der Waals surface area contributed by atoms with Gasteiger partial charge < -0.3 is 10.6 Å². The summed E-state index contributed by atoms with van der Waals surface area (Å²) in [7, 11) is -2.17. The lowest BCUT2D eigenvalue weighted by Crippen LogP contribution is -2.32. The first-order valence-electron chi connectivity index (χ1n) is 8.05. The summed E-state index contributed by atoms with van der Waals surface area (Å²) >= 11 is 0. The molecule has 0 spiro atoms. The van der Waals surface area contributed by atoms with E-state index in [0.717, 1.165) is 5.56 Å². The van der Waals surface area contributed by atoms with Crippen LogP contribution in [0, 0.1) is 0 Å². The third kappa shape index (κ3) is 5.12. The molecule has 0 aliphatic rings. The van der Waals surface area contributed by atoms with Gasteiger partial charge in [-0.1, -0.05) is 30.3 Å². The van der Waals surface area contributed by atoms with Gasteiger partial charge >= 0.3 is 0 Å². The summed E-state index contributed by atoms with van der Waals surface area (Å²) in [5, 5.41) is 0. The first kappa shape index (κ1) is 19.1. The molecule has 0 aromatic heterocycles. The third-order valence-electron chi connectivity index (χ3n) is 3.82. The van der Waals surface area contributed by atoms with Gasteiger partial charge in [-0.2, -0.15) is 0 Å². The molecular formula is C18H23N3O3S. The van der Waals surface area contributed by atoms with E-state index in [2.05, 4.69) is 4.72 Å². The Morgan fingerprint density at radius 1 is 1.08 bits per heavy atom. The Morgan fingerprint density at radius 2 is 1.72 bits per heavy atom. The van der Waals surface area contributed by atoms with Gasteiger partial charge in [0.2, 0.25) is 10.0 Å². The van der Waals surface area contributed by atoms with E-state index in [4.69, 9.17) is 5.73 Å². The average molecular weight is 361 g/mol. The second-order valence-corrected chi connectivity index (χ2v) is 7.47. The molecule has 0 aliphatic carbocycles. The molecule has 0 bridgehead atoms. The van der Waals surface area contributed by atoms with Gasteiger partial charge in [-0.05, 0) is 49.8 Å². The minimum Gasteiger partial charge on any atom is -0.334 e. The zero-order valence-electron chi connectivity index (χ0n) is 14.2. The molecule has 0 atom stereocenters. The van der Waals surface area contributed by atoms with Gasteiger partial charge in [0.25, 0.3) is 5.91 Å². The normalized spacial score (nSPS) is 11.3. The van der Waals surface area contributed by atoms with Gasteiger partial charge in [-0.15, -0.1) is 0 Å². The molecule has 0 fully saturated rings. The van der Waals surface area contributed by atoms with Crippen LogP contribution in [-0.2, 0) is 16.6 Å². The minimum absolute atomic E-state index is 0.128. The molecule has 0 unspecified atom stereocenters. The highest BCUT2D eigenvalue weighted by Crippen LogP contribution is 2.14. The maximum atomic E-state index is 12.8. The average Bonchev–Trinajstić information content (AvgIpc) is 2.65. The SMILES string of the molecule is CNS(=O)(=O)c1ccc(C(=O)N(CCCN)Cc2ccccc2)cc1. The Morgan fingerprint density at radius 3 is 2.28 bits per heavy atom. The molecule has 25 heavy (non-hydrogen) atoms. The van der Waals surface area contributed by atoms with Crippen LogP contribution >= 0.6 is 0 Å². The number of sulfonamides is 1. The van der Waals surface area contributed by atoms with Gasteiger partial charge in [0.15, 0.2) is 0 Å². The number of hydrogen-bond acceptors (Lipinski definition) is 4. The molecule has 2 aromatic rings. The number of nitrogens with two attached hydrogens (primary N) is 1. The van der Waals surface area contributed by atoms with E-state index >= 15 is 0 Å². The highest BCUT2D eigenvalue weighted by atomic mass is 32.2. The standard InChI is InChI=1S/C18H23N3O3S/c1-20-25(23,24)17-10-8-16(9-11-17)18(22)21(13-5-12-19)14-15-6-3-2-4-7-15/h2-4,6-11,20H,5,12-14,19H2,1H3. The van der Waals surface area contributed by atoms with Crippen molar-refractivity contribution in [3.05, 3.63) is 65.7 Å². The first-order chi connectivity index (χ1) is 12.0. The molecular weight excluding hydrogens is 338 g/mol. The van der Waals surface area contributed by atoms with Crippen molar-refractivity contribution in [3.63, 3.8) is 0 Å². The van der Waals surface area contributed by atoms with Crippen molar-refractivity contribution in [3.8, 4) is 0 Å². The second kappa shape index (κ2) is 8.75. The predicted molar refractivity (Wildman–Crippen MR) is 97.5 cm³/mol. The number of amides is 1. The van der Waals surface area contributed by atoms with Crippen LogP contribution < -0.4 is 10.5 Å². The summed E-state index contributed by atoms with van der Waals surface area (Å²) in [5.74, 6) is -0.147. The Balaban J connectivity index is 2.20. The van der Waals surface area contributed by atoms with Gasteiger partial charge in [0.1, 0.15) is 0 Å². The number of carbonyl (C=O) groups excluding carboxylic acids is 1. The number of hydrogen-bond donors (Lipinski definition) is 2. The van der Waals surface area contributed by atoms with Crippen LogP contribution in [0.4, 0.5) is 0 Å². The number of carbonyl (C=O) groups is 1. The summed E-state index contributed by atoms with van der Waals surface area (Å²) in [4.78, 5) is 14.7. The maximum Gasteiger partial charge on any atom is 0.254 e. The lowest BCUT2D eigenvalue weighted by molar-refractivity contribution is 0.0742. The Labute approximate surface area is 148 Å². The summed E-state index contributed by atoms with van der Waals surface area (Å²) in [6.45, 7) is 1.52. The van der Waals surface area contributed by atoms with Crippen molar-refractivity contribution in [2.24, 2.45) is 5.73 Å². The molecule has 0 heterocycles. The predicted octanol–water partition coefficient (Wildman–Crippen LogP) is 1.59. The first-order valence-corrected chi connectivity index (χ1v) is 9.53. The zero-order valence-corrected chi connectivity index (χ0v) is 15.0. The van der Waals surface area contributed by atoms with Crippen molar-refractivity contribution >= 4 is 15.9 Å². The van der Waals surface area contributed by atoms with Crippen molar-refractivity contribution < 1.29 is 13.2 Å². The summed E-state index contributed by atoms with van der Waals surface area (Å²) in [5.41, 5.74) is 7.06. The van der Waals surface area contributed by atoms with E-state index in [-0.39, 0.29) is 10.8 Å². The summed E-state index contributed by atoms with van der Waals surface area (Å²) in [6, 6.07) is 15.6. The minimum atomic E-state index is -3.52. The zero-order chi connectivity index (χ0) is 18.3. The fourth-order valence-corrected chi connectivity index (χ4v) is 3.15. The Kier molecular flexibility index (Phi) is 6.69. The number of nitrogens with zero attached hydrogens (tertiary/aromatic N) is 1. The molecule has 7 heteroatoms. The monoisotopic (exact) mass is 361 g/mol. The van der Waals surface area contributed by atoms with E-state index in [9.17, 15) is 13.2 Å². The molecule has 1 amide bonds. The number of nitrogens with one attached hydrogen (secondary N) is 1. The topological polar surface area (TPSA) is 92.5 Å². The fraction of sp³-hybridized carbons (Fsp3) is 0.278. The highest BCUT2D eigenvalue weighted by Gasteiger charge is 2.17. The molecule has 134 valence electrons. The largest absolute Gasteiger partial charge is 0.334 e. The Bertz CT molecular complexity index is 790. The molecule has 2 aromatic carbocycles. The van der Waals surface area contributed by atoms with Gasteiger partial charge in [-0.25, -0.2) is 13.1 Å². The number of benzene rings is 2. The smallest absolute Gasteiger partial charge is 0.254 e. The maximum absolute atomic E-state index is 12.8. The van der Waals surface area contributed by atoms with Gasteiger partial charge in [-0.3, -0.25) is 4.79 Å². The third-order valence-corrected chi connectivity index (χ3v) is 5.25. The lowest BCUT2D eigenvalue weighted by Gasteiger charge is -2.23. The van der Waals surface area contributed by atoms with Crippen LogP contribution in [0.3, 0.4) is 0 Å². The van der Waals surface area contributed by atoms with E-state index < -0.39 is 10.0 Å². The van der Waals surface area contributed by atoms with Crippen LogP contribution in [0.2, 0.25) is 0 Å². The number of rotatable bonds is 8. The van der Waals surface area contributed by atoms with Crippen LogP contribution in [0.5, 0.6) is 0 Å². The lowest BCUT2D eigenvalue weighted by atomic mass is 10.1. The van der Waals surface area contributed by atoms with E-state index in [1.165, 1.54) is 31.3 Å². The van der Waals surface area contributed by atoms with Gasteiger partial charge in [0.05, 0.1) is 4.90 Å². The van der Waals surface area contributed by atoms with Crippen molar-refractivity contribution in [2.45, 2.75) is 17.9 Å². The van der Waals surface area contributed by atoms with E-state index in [1.807, 2.05) is 30.3 Å². The molecule has 0 aliphatic heterocycles.